The molecule has 2 nitrogen and oxygen atoms in total. The second-order valence-corrected chi connectivity index (χ2v) is 17.2. The molecule has 3 aliphatic rings. The summed E-state index contributed by atoms with van der Waals surface area (Å²) >= 11 is 0. The lowest BCUT2D eigenvalue weighted by Gasteiger charge is -2.37. The zero-order valence-electron chi connectivity index (χ0n) is 35.6. The molecule has 304 valence electrons. The van der Waals surface area contributed by atoms with Gasteiger partial charge in [0.05, 0.1) is 22.5 Å². The summed E-state index contributed by atoms with van der Waals surface area (Å²) in [5.41, 5.74) is 23.3. The van der Waals surface area contributed by atoms with Crippen LogP contribution in [0.4, 0.5) is 34.1 Å². The zero-order valence-corrected chi connectivity index (χ0v) is 35.6. The van der Waals surface area contributed by atoms with Crippen molar-refractivity contribution in [3.05, 3.63) is 276 Å². The summed E-state index contributed by atoms with van der Waals surface area (Å²) < 4.78 is 0. The second kappa shape index (κ2) is 14.8. The zero-order chi connectivity index (χ0) is 42.9. The monoisotopic (exact) mass is 826 g/mol. The molecule has 0 bridgehead atoms. The van der Waals surface area contributed by atoms with Gasteiger partial charge in [0, 0.05) is 28.2 Å². The molecule has 0 unspecified atom stereocenters. The van der Waals surface area contributed by atoms with Gasteiger partial charge in [-0.05, 0) is 115 Å². The molecular formula is C63H42N2. The molecule has 10 aromatic rings. The highest BCUT2D eigenvalue weighted by Crippen LogP contribution is 2.61. The minimum absolute atomic E-state index is 0.572. The SMILES string of the molecule is C1=Cc2ccccc2C2(c3ccccc31)c1ccccc1-c1ccc(N(c3cccc(-c4ccccc4)c3)c3cccc4c3N(c3ccccc3)c3ccccc3-c3ccccc3-4)cc12. The Morgan fingerprint density at radius 2 is 0.846 bits per heavy atom. The standard InChI is InChI=1S/C63H42N2/c1-3-19-43(20-4-1)46-23-17-26-48(41-46)64(61-36-18-31-55-51-28-10-9-27-50(51)54-30-12-16-35-60(54)65(62(55)61)47-24-5-2-6-25-47)49-39-40-53-52-29-11-15-34-58(52)63(59(53)42-49)56-32-13-7-21-44(56)37-38-45-22-8-14-33-57(45)63/h1-42H. The first kappa shape index (κ1) is 37.1. The van der Waals surface area contributed by atoms with Crippen molar-refractivity contribution in [1.29, 1.82) is 0 Å². The van der Waals surface area contributed by atoms with Crippen molar-refractivity contribution in [3.8, 4) is 44.5 Å². The van der Waals surface area contributed by atoms with Gasteiger partial charge in [0.25, 0.3) is 0 Å². The minimum atomic E-state index is -0.572. The summed E-state index contributed by atoms with van der Waals surface area (Å²) in [5, 5.41) is 0. The lowest BCUT2D eigenvalue weighted by atomic mass is 9.66. The Morgan fingerprint density at radius 1 is 0.323 bits per heavy atom. The molecule has 0 saturated carbocycles. The predicted octanol–water partition coefficient (Wildman–Crippen LogP) is 16.8. The van der Waals surface area contributed by atoms with E-state index in [9.17, 15) is 0 Å². The van der Waals surface area contributed by atoms with Gasteiger partial charge >= 0.3 is 0 Å². The molecule has 10 aromatic carbocycles. The van der Waals surface area contributed by atoms with Crippen molar-refractivity contribution in [2.45, 2.75) is 5.41 Å². The fourth-order valence-corrected chi connectivity index (χ4v) is 11.1. The summed E-state index contributed by atoms with van der Waals surface area (Å²) in [6, 6.07) is 89.6. The third-order valence-corrected chi connectivity index (χ3v) is 13.8. The lowest BCUT2D eigenvalue weighted by Crippen LogP contribution is -2.30. The summed E-state index contributed by atoms with van der Waals surface area (Å²) in [6.07, 6.45) is 4.61. The number of rotatable bonds is 5. The van der Waals surface area contributed by atoms with Crippen molar-refractivity contribution in [2.24, 2.45) is 0 Å². The van der Waals surface area contributed by atoms with Crippen LogP contribution in [0.1, 0.15) is 33.4 Å². The molecule has 1 aliphatic heterocycles. The van der Waals surface area contributed by atoms with E-state index in [1.165, 1.54) is 72.3 Å². The van der Waals surface area contributed by atoms with E-state index >= 15 is 0 Å². The highest BCUT2D eigenvalue weighted by atomic mass is 15.2. The fraction of sp³-hybridized carbons (Fsp3) is 0.0159. The second-order valence-electron chi connectivity index (χ2n) is 17.2. The Bertz CT molecular complexity index is 3460. The van der Waals surface area contributed by atoms with E-state index in [0.717, 1.165) is 39.7 Å². The average molecular weight is 827 g/mol. The van der Waals surface area contributed by atoms with E-state index in [1.807, 2.05) is 0 Å². The third-order valence-electron chi connectivity index (χ3n) is 13.8. The molecule has 0 aromatic heterocycles. The van der Waals surface area contributed by atoms with Gasteiger partial charge in [-0.25, -0.2) is 0 Å². The van der Waals surface area contributed by atoms with Gasteiger partial charge in [-0.15, -0.1) is 0 Å². The Labute approximate surface area is 380 Å². The number of hydrogen-bond acceptors (Lipinski definition) is 2. The first-order chi connectivity index (χ1) is 32.3. The highest BCUT2D eigenvalue weighted by Gasteiger charge is 2.48. The van der Waals surface area contributed by atoms with Crippen LogP contribution in [0.2, 0.25) is 0 Å². The summed E-state index contributed by atoms with van der Waals surface area (Å²) in [4.78, 5) is 5.00. The van der Waals surface area contributed by atoms with E-state index in [0.29, 0.717) is 0 Å². The van der Waals surface area contributed by atoms with Crippen LogP contribution < -0.4 is 9.80 Å². The molecular weight excluding hydrogens is 785 g/mol. The maximum Gasteiger partial charge on any atom is 0.0781 e. The van der Waals surface area contributed by atoms with Crippen molar-refractivity contribution >= 4 is 46.3 Å². The quantitative estimate of drug-likeness (QED) is 0.171. The summed E-state index contributed by atoms with van der Waals surface area (Å²) in [6.45, 7) is 0. The number of benzene rings is 10. The van der Waals surface area contributed by atoms with Crippen LogP contribution in [0.25, 0.3) is 56.7 Å². The number of anilines is 6. The Kier molecular flexibility index (Phi) is 8.47. The van der Waals surface area contributed by atoms with Crippen molar-refractivity contribution < 1.29 is 0 Å². The normalized spacial score (nSPS) is 13.3. The lowest BCUT2D eigenvalue weighted by molar-refractivity contribution is 0.766. The largest absolute Gasteiger partial charge is 0.308 e. The number of fused-ring (bicyclic) bond motifs is 14. The molecule has 0 amide bonds. The van der Waals surface area contributed by atoms with Crippen LogP contribution in [0, 0.1) is 0 Å². The van der Waals surface area contributed by atoms with Gasteiger partial charge in [-0.2, -0.15) is 0 Å². The number of nitrogens with zero attached hydrogens (tertiary/aromatic N) is 2. The van der Waals surface area contributed by atoms with E-state index in [2.05, 4.69) is 265 Å². The predicted molar refractivity (Wildman–Crippen MR) is 272 cm³/mol. The smallest absolute Gasteiger partial charge is 0.0781 e. The van der Waals surface area contributed by atoms with E-state index in [-0.39, 0.29) is 0 Å². The van der Waals surface area contributed by atoms with Crippen LogP contribution in [0.3, 0.4) is 0 Å². The third kappa shape index (κ3) is 5.60. The molecule has 0 saturated heterocycles. The first-order valence-corrected chi connectivity index (χ1v) is 22.5. The van der Waals surface area contributed by atoms with E-state index in [1.54, 1.807) is 0 Å². The molecule has 1 spiro atoms. The van der Waals surface area contributed by atoms with Gasteiger partial charge in [-0.1, -0.05) is 206 Å². The van der Waals surface area contributed by atoms with Gasteiger partial charge in [0.2, 0.25) is 0 Å². The molecule has 0 radical (unpaired) electrons. The van der Waals surface area contributed by atoms with Crippen LogP contribution >= 0.6 is 0 Å². The van der Waals surface area contributed by atoms with Crippen LogP contribution in [-0.4, -0.2) is 0 Å². The van der Waals surface area contributed by atoms with Gasteiger partial charge < -0.3 is 9.80 Å². The molecule has 0 fully saturated rings. The molecule has 65 heavy (non-hydrogen) atoms. The topological polar surface area (TPSA) is 6.48 Å². The molecule has 1 heterocycles. The van der Waals surface area contributed by atoms with Gasteiger partial charge in [0.1, 0.15) is 0 Å². The molecule has 2 heteroatoms. The van der Waals surface area contributed by atoms with Crippen LogP contribution in [0.5, 0.6) is 0 Å². The molecule has 13 rings (SSSR count). The Balaban J connectivity index is 1.14. The van der Waals surface area contributed by atoms with Crippen LogP contribution in [0.15, 0.2) is 243 Å². The van der Waals surface area contributed by atoms with Crippen molar-refractivity contribution in [1.82, 2.24) is 0 Å². The van der Waals surface area contributed by atoms with Gasteiger partial charge in [-0.3, -0.25) is 0 Å². The molecule has 0 N–H and O–H groups in total. The average Bonchev–Trinajstić information content (AvgIpc) is 3.48. The molecule has 2 aliphatic carbocycles. The maximum atomic E-state index is 2.52. The Morgan fingerprint density at radius 3 is 1.58 bits per heavy atom. The Hall–Kier alpha value is -8.46. The first-order valence-electron chi connectivity index (χ1n) is 22.5. The van der Waals surface area contributed by atoms with Crippen molar-refractivity contribution in [2.75, 3.05) is 9.80 Å². The van der Waals surface area contributed by atoms with Crippen molar-refractivity contribution in [3.63, 3.8) is 0 Å². The summed E-state index contributed by atoms with van der Waals surface area (Å²) in [5.74, 6) is 0. The van der Waals surface area contributed by atoms with E-state index < -0.39 is 5.41 Å². The maximum absolute atomic E-state index is 2.52. The molecule has 0 atom stereocenters. The summed E-state index contributed by atoms with van der Waals surface area (Å²) in [7, 11) is 0. The van der Waals surface area contributed by atoms with E-state index in [4.69, 9.17) is 0 Å². The van der Waals surface area contributed by atoms with Crippen LogP contribution in [-0.2, 0) is 5.41 Å². The minimum Gasteiger partial charge on any atom is -0.308 e. The fourth-order valence-electron chi connectivity index (χ4n) is 11.1. The number of hydrogen-bond donors (Lipinski definition) is 0. The highest BCUT2D eigenvalue weighted by molar-refractivity contribution is 6.08. The van der Waals surface area contributed by atoms with Gasteiger partial charge in [0.15, 0.2) is 0 Å². The number of para-hydroxylation sites is 3.